The van der Waals surface area contributed by atoms with Crippen LogP contribution in [0.5, 0.6) is 51.7 Å². The van der Waals surface area contributed by atoms with Crippen LogP contribution in [0.4, 0.5) is 0 Å². The maximum absolute atomic E-state index is 13.1. The van der Waals surface area contributed by atoms with Gasteiger partial charge in [-0.15, -0.1) is 0 Å². The van der Waals surface area contributed by atoms with Crippen molar-refractivity contribution in [3.8, 4) is 51.7 Å². The molecule has 13 nitrogen and oxygen atoms in total. The zero-order chi connectivity index (χ0) is 25.5. The third-order valence-electron chi connectivity index (χ3n) is 4.52. The molecule has 3 rings (SSSR count). The first-order chi connectivity index (χ1) is 15.8. The van der Waals surface area contributed by atoms with Crippen molar-refractivity contribution in [3.63, 3.8) is 0 Å². The molecule has 0 fully saturated rings. The molecule has 3 aromatic carbocycles. The first kappa shape index (κ1) is 23.3. The molecule has 0 aliphatic carbocycles. The number of esters is 1. The van der Waals surface area contributed by atoms with Crippen molar-refractivity contribution in [1.82, 2.24) is 0 Å². The van der Waals surface area contributed by atoms with Crippen LogP contribution >= 0.6 is 0 Å². The molecule has 0 aliphatic rings. The third kappa shape index (κ3) is 3.95. The summed E-state index contributed by atoms with van der Waals surface area (Å²) in [5, 5.41) is 87.0. The van der Waals surface area contributed by atoms with Gasteiger partial charge in [-0.25, -0.2) is 9.59 Å². The van der Waals surface area contributed by atoms with Crippen molar-refractivity contribution in [3.05, 3.63) is 52.6 Å². The van der Waals surface area contributed by atoms with E-state index in [1.54, 1.807) is 0 Å². The predicted molar refractivity (Wildman–Crippen MR) is 108 cm³/mol. The zero-order valence-corrected chi connectivity index (χ0v) is 16.5. The molecule has 34 heavy (non-hydrogen) atoms. The summed E-state index contributed by atoms with van der Waals surface area (Å²) in [5.41, 5.74) is -3.21. The van der Waals surface area contributed by atoms with Gasteiger partial charge in [0.25, 0.3) is 0 Å². The van der Waals surface area contributed by atoms with E-state index in [-0.39, 0.29) is 0 Å². The molecule has 0 aromatic heterocycles. The Bertz CT molecular complexity index is 1330. The number of carbonyl (C=O) groups is 3. The average Bonchev–Trinajstić information content (AvgIpc) is 2.77. The normalized spacial score (nSPS) is 10.6. The number of hydrogen-bond acceptors (Lipinski definition) is 12. The van der Waals surface area contributed by atoms with Gasteiger partial charge in [-0.05, 0) is 30.3 Å². The van der Waals surface area contributed by atoms with Gasteiger partial charge in [0.2, 0.25) is 5.75 Å². The van der Waals surface area contributed by atoms with Crippen LogP contribution in [0, 0.1) is 0 Å². The molecule has 176 valence electrons. The van der Waals surface area contributed by atoms with Gasteiger partial charge in [0.05, 0.1) is 16.7 Å². The monoisotopic (exact) mass is 474 g/mol. The van der Waals surface area contributed by atoms with Crippen molar-refractivity contribution >= 4 is 17.7 Å². The van der Waals surface area contributed by atoms with E-state index in [9.17, 15) is 60.3 Å². The van der Waals surface area contributed by atoms with Crippen molar-refractivity contribution < 1.29 is 65.1 Å². The van der Waals surface area contributed by atoms with Crippen LogP contribution in [0.15, 0.2) is 30.3 Å². The van der Waals surface area contributed by atoms with Crippen LogP contribution in [0.25, 0.3) is 0 Å². The standard InChI is InChI=1S/C21H14O13/c22-9-1-6(2-10(23)16(9)28)15(27)14-8(20(31)32)5-13(26)18(30)19(14)34-21(33)7-3-11(24)17(29)12(25)4-7/h1-5,22-26,28-30H,(H,31,32). The van der Waals surface area contributed by atoms with Crippen molar-refractivity contribution in [2.75, 3.05) is 0 Å². The lowest BCUT2D eigenvalue weighted by atomic mass is 9.95. The maximum Gasteiger partial charge on any atom is 0.343 e. The lowest BCUT2D eigenvalue weighted by Crippen LogP contribution is -2.16. The highest BCUT2D eigenvalue weighted by molar-refractivity contribution is 6.17. The SMILES string of the molecule is O=C(Oc1c(O)c(O)cc(C(=O)O)c1C(=O)c1cc(O)c(O)c(O)c1)c1cc(O)c(O)c(O)c1. The first-order valence-electron chi connectivity index (χ1n) is 8.92. The number of ether oxygens (including phenoxy) is 1. The van der Waals surface area contributed by atoms with Crippen LogP contribution in [-0.2, 0) is 0 Å². The van der Waals surface area contributed by atoms with Gasteiger partial charge in [-0.2, -0.15) is 0 Å². The van der Waals surface area contributed by atoms with Crippen molar-refractivity contribution in [1.29, 1.82) is 0 Å². The van der Waals surface area contributed by atoms with Crippen molar-refractivity contribution in [2.24, 2.45) is 0 Å². The molecule has 0 spiro atoms. The Morgan fingerprint density at radius 1 is 0.588 bits per heavy atom. The predicted octanol–water partition coefficient (Wildman–Crippen LogP) is 1.48. The van der Waals surface area contributed by atoms with E-state index in [1.165, 1.54) is 0 Å². The van der Waals surface area contributed by atoms with Crippen LogP contribution in [0.2, 0.25) is 0 Å². The van der Waals surface area contributed by atoms with E-state index in [2.05, 4.69) is 0 Å². The summed E-state index contributed by atoms with van der Waals surface area (Å²) in [5.74, 6) is -13.9. The summed E-state index contributed by atoms with van der Waals surface area (Å²) < 4.78 is 4.90. The zero-order valence-electron chi connectivity index (χ0n) is 16.5. The Morgan fingerprint density at radius 3 is 1.44 bits per heavy atom. The number of hydrogen-bond donors (Lipinski definition) is 9. The molecule has 0 amide bonds. The lowest BCUT2D eigenvalue weighted by molar-refractivity contribution is 0.0679. The fourth-order valence-electron chi connectivity index (χ4n) is 2.88. The number of carbonyl (C=O) groups excluding carboxylic acids is 2. The summed E-state index contributed by atoms with van der Waals surface area (Å²) >= 11 is 0. The van der Waals surface area contributed by atoms with Crippen LogP contribution in [0.1, 0.15) is 36.6 Å². The minimum Gasteiger partial charge on any atom is -0.504 e. The Balaban J connectivity index is 2.22. The Labute approximate surface area is 187 Å². The largest absolute Gasteiger partial charge is 0.504 e. The molecule has 0 atom stereocenters. The van der Waals surface area contributed by atoms with Gasteiger partial charge in [0, 0.05) is 5.56 Å². The molecule has 0 bridgehead atoms. The van der Waals surface area contributed by atoms with E-state index < -0.39 is 91.7 Å². The highest BCUT2D eigenvalue weighted by Gasteiger charge is 2.31. The molecule has 0 saturated heterocycles. The van der Waals surface area contributed by atoms with Gasteiger partial charge in [-0.1, -0.05) is 0 Å². The quantitative estimate of drug-likeness (QED) is 0.110. The fourth-order valence-corrected chi connectivity index (χ4v) is 2.88. The number of aromatic carboxylic acids is 1. The number of rotatable bonds is 5. The van der Waals surface area contributed by atoms with Gasteiger partial charge >= 0.3 is 11.9 Å². The Morgan fingerprint density at radius 2 is 1.00 bits per heavy atom. The number of aromatic hydroxyl groups is 8. The van der Waals surface area contributed by atoms with Crippen LogP contribution in [0.3, 0.4) is 0 Å². The van der Waals surface area contributed by atoms with Crippen LogP contribution in [-0.4, -0.2) is 63.7 Å². The molecule has 0 heterocycles. The van der Waals surface area contributed by atoms with Gasteiger partial charge in [0.1, 0.15) is 0 Å². The smallest absolute Gasteiger partial charge is 0.343 e. The average molecular weight is 474 g/mol. The second kappa shape index (κ2) is 8.31. The topological polar surface area (TPSA) is 243 Å². The molecule has 13 heteroatoms. The highest BCUT2D eigenvalue weighted by Crippen LogP contribution is 2.44. The summed E-state index contributed by atoms with van der Waals surface area (Å²) in [6.07, 6.45) is 0. The minimum atomic E-state index is -1.82. The number of benzene rings is 3. The number of carboxylic acid groups (broad SMARTS) is 1. The molecule has 0 aliphatic heterocycles. The van der Waals surface area contributed by atoms with Crippen LogP contribution < -0.4 is 4.74 Å². The van der Waals surface area contributed by atoms with E-state index in [0.29, 0.717) is 30.3 Å². The molecule has 0 saturated carbocycles. The highest BCUT2D eigenvalue weighted by atomic mass is 16.5. The van der Waals surface area contributed by atoms with Gasteiger partial charge in [0.15, 0.2) is 51.8 Å². The van der Waals surface area contributed by atoms with E-state index >= 15 is 0 Å². The number of phenols is 8. The summed E-state index contributed by atoms with van der Waals surface area (Å²) in [6, 6.07) is 3.06. The number of carboxylic acids is 1. The Hall–Kier alpha value is -5.33. The second-order valence-electron chi connectivity index (χ2n) is 6.75. The van der Waals surface area contributed by atoms with Crippen molar-refractivity contribution in [2.45, 2.75) is 0 Å². The number of ketones is 1. The molecule has 9 N–H and O–H groups in total. The third-order valence-corrected chi connectivity index (χ3v) is 4.52. The summed E-state index contributed by atoms with van der Waals surface area (Å²) in [4.78, 5) is 37.4. The van der Waals surface area contributed by atoms with E-state index in [0.717, 1.165) is 0 Å². The summed E-state index contributed by atoms with van der Waals surface area (Å²) in [7, 11) is 0. The van der Waals surface area contributed by atoms with E-state index in [1.807, 2.05) is 0 Å². The Kier molecular flexibility index (Phi) is 5.70. The molecule has 3 aromatic rings. The second-order valence-corrected chi connectivity index (χ2v) is 6.75. The van der Waals surface area contributed by atoms with Gasteiger partial charge in [-0.3, -0.25) is 4.79 Å². The first-order valence-corrected chi connectivity index (χ1v) is 8.92. The molecule has 0 unspecified atom stereocenters. The minimum absolute atomic E-state index is 0.473. The molecular weight excluding hydrogens is 460 g/mol. The lowest BCUT2D eigenvalue weighted by Gasteiger charge is -2.15. The fraction of sp³-hybridized carbons (Fsp3) is 0. The maximum atomic E-state index is 13.1. The molecular formula is C21H14O13. The number of phenolic OH excluding ortho intramolecular Hbond substituents is 8. The molecule has 0 radical (unpaired) electrons. The van der Waals surface area contributed by atoms with Gasteiger partial charge < -0.3 is 50.7 Å². The summed E-state index contributed by atoms with van der Waals surface area (Å²) in [6.45, 7) is 0. The van der Waals surface area contributed by atoms with E-state index in [4.69, 9.17) is 4.74 Å².